The van der Waals surface area contributed by atoms with Gasteiger partial charge in [-0.2, -0.15) is 0 Å². The van der Waals surface area contributed by atoms with Crippen LogP contribution in [0.5, 0.6) is 0 Å². The van der Waals surface area contributed by atoms with Gasteiger partial charge in [0, 0.05) is 56.7 Å². The van der Waals surface area contributed by atoms with Crippen LogP contribution in [0.2, 0.25) is 0 Å². The van der Waals surface area contributed by atoms with Crippen molar-refractivity contribution in [1.29, 1.82) is 0 Å². The van der Waals surface area contributed by atoms with E-state index in [0.29, 0.717) is 43.7 Å². The van der Waals surface area contributed by atoms with Gasteiger partial charge < -0.3 is 15.2 Å². The van der Waals surface area contributed by atoms with Crippen molar-refractivity contribution in [2.45, 2.75) is 26.3 Å². The van der Waals surface area contributed by atoms with Crippen molar-refractivity contribution >= 4 is 27.5 Å². The summed E-state index contributed by atoms with van der Waals surface area (Å²) < 4.78 is 26.5. The molecule has 0 saturated heterocycles. The Hall–Kier alpha value is -2.72. The minimum atomic E-state index is -3.21. The van der Waals surface area contributed by atoms with Gasteiger partial charge in [-0.25, -0.2) is 17.7 Å². The summed E-state index contributed by atoms with van der Waals surface area (Å²) in [5.74, 6) is -0.381. The highest BCUT2D eigenvalue weighted by molar-refractivity contribution is 7.89. The van der Waals surface area contributed by atoms with E-state index in [1.807, 2.05) is 4.57 Å². The fourth-order valence-corrected chi connectivity index (χ4v) is 3.42. The molecule has 2 amide bonds. The zero-order valence-corrected chi connectivity index (χ0v) is 17.5. The number of aromatic nitrogens is 2. The van der Waals surface area contributed by atoms with Crippen molar-refractivity contribution in [2.24, 2.45) is 0 Å². The van der Waals surface area contributed by atoms with Gasteiger partial charge in [0.05, 0.1) is 12.1 Å². The molecule has 1 heterocycles. The molecule has 0 bridgehead atoms. The number of sulfonamides is 1. The standard InChI is InChI=1S/C19H27N5O4S/c1-3-29(27,28)23(2)11-5-9-21-19(26)16-6-4-7-17(14-16)22-18(25)8-12-24-13-10-20-15-24/h4,6-7,10,13-15H,3,5,8-9,11-12H2,1-2H3,(H,21,26)(H,22,25). The first-order valence-corrected chi connectivity index (χ1v) is 11.0. The van der Waals surface area contributed by atoms with Gasteiger partial charge in [0.15, 0.2) is 0 Å². The van der Waals surface area contributed by atoms with Gasteiger partial charge in [-0.3, -0.25) is 9.59 Å². The van der Waals surface area contributed by atoms with E-state index in [4.69, 9.17) is 0 Å². The Balaban J connectivity index is 1.78. The summed E-state index contributed by atoms with van der Waals surface area (Å²) >= 11 is 0. The molecule has 158 valence electrons. The third-order valence-electron chi connectivity index (χ3n) is 4.34. The van der Waals surface area contributed by atoms with Crippen LogP contribution in [0, 0.1) is 0 Å². The predicted octanol–water partition coefficient (Wildman–Crippen LogP) is 1.31. The van der Waals surface area contributed by atoms with Crippen LogP contribution >= 0.6 is 0 Å². The maximum atomic E-state index is 12.3. The number of anilines is 1. The Labute approximate surface area is 171 Å². The quantitative estimate of drug-likeness (QED) is 0.531. The Morgan fingerprint density at radius 2 is 2.07 bits per heavy atom. The summed E-state index contributed by atoms with van der Waals surface area (Å²) in [7, 11) is -1.68. The molecular formula is C19H27N5O4S. The molecule has 0 aliphatic rings. The molecule has 0 unspecified atom stereocenters. The maximum absolute atomic E-state index is 12.3. The Morgan fingerprint density at radius 1 is 1.28 bits per heavy atom. The van der Waals surface area contributed by atoms with E-state index in [-0.39, 0.29) is 17.6 Å². The van der Waals surface area contributed by atoms with Crippen LogP contribution in [0.4, 0.5) is 5.69 Å². The number of carbonyl (C=O) groups is 2. The number of imidazole rings is 1. The summed E-state index contributed by atoms with van der Waals surface area (Å²) in [5, 5.41) is 5.54. The van der Waals surface area contributed by atoms with Crippen LogP contribution in [0.3, 0.4) is 0 Å². The number of hydrogen-bond acceptors (Lipinski definition) is 5. The van der Waals surface area contributed by atoms with Crippen molar-refractivity contribution in [3.63, 3.8) is 0 Å². The third-order valence-corrected chi connectivity index (χ3v) is 6.20. The van der Waals surface area contributed by atoms with Crippen molar-refractivity contribution in [3.05, 3.63) is 48.5 Å². The fraction of sp³-hybridized carbons (Fsp3) is 0.421. The largest absolute Gasteiger partial charge is 0.352 e. The molecule has 0 atom stereocenters. The van der Waals surface area contributed by atoms with Crippen molar-refractivity contribution in [1.82, 2.24) is 19.2 Å². The van der Waals surface area contributed by atoms with E-state index in [1.165, 1.54) is 11.4 Å². The van der Waals surface area contributed by atoms with Gasteiger partial charge in [0.25, 0.3) is 5.91 Å². The van der Waals surface area contributed by atoms with Crippen molar-refractivity contribution < 1.29 is 18.0 Å². The number of hydrogen-bond donors (Lipinski definition) is 2. The molecule has 2 aromatic rings. The summed E-state index contributed by atoms with van der Waals surface area (Å²) in [4.78, 5) is 28.3. The lowest BCUT2D eigenvalue weighted by atomic mass is 10.2. The number of nitrogens with zero attached hydrogens (tertiary/aromatic N) is 3. The molecule has 0 saturated carbocycles. The second kappa shape index (κ2) is 10.7. The smallest absolute Gasteiger partial charge is 0.251 e. The van der Waals surface area contributed by atoms with Crippen LogP contribution in [-0.4, -0.2) is 60.0 Å². The van der Waals surface area contributed by atoms with Crippen molar-refractivity contribution in [2.75, 3.05) is 31.2 Å². The van der Waals surface area contributed by atoms with Gasteiger partial charge >= 0.3 is 0 Å². The summed E-state index contributed by atoms with van der Waals surface area (Å²) in [5.41, 5.74) is 0.967. The van der Waals surface area contributed by atoms with Gasteiger partial charge in [-0.1, -0.05) is 6.07 Å². The minimum absolute atomic E-state index is 0.0523. The van der Waals surface area contributed by atoms with Gasteiger partial charge in [0.1, 0.15) is 0 Å². The van der Waals surface area contributed by atoms with E-state index in [2.05, 4.69) is 15.6 Å². The molecule has 0 aliphatic carbocycles. The highest BCUT2D eigenvalue weighted by atomic mass is 32.2. The van der Waals surface area contributed by atoms with E-state index in [9.17, 15) is 18.0 Å². The average molecular weight is 422 g/mol. The minimum Gasteiger partial charge on any atom is -0.352 e. The molecule has 1 aromatic heterocycles. The Kier molecular flexibility index (Phi) is 8.34. The van der Waals surface area contributed by atoms with Crippen LogP contribution in [0.15, 0.2) is 43.0 Å². The molecular weight excluding hydrogens is 394 g/mol. The first kappa shape index (κ1) is 22.6. The monoisotopic (exact) mass is 421 g/mol. The maximum Gasteiger partial charge on any atom is 0.251 e. The Bertz CT molecular complexity index is 912. The molecule has 10 heteroatoms. The lowest BCUT2D eigenvalue weighted by molar-refractivity contribution is -0.116. The van der Waals surface area contributed by atoms with E-state index >= 15 is 0 Å². The molecule has 9 nitrogen and oxygen atoms in total. The normalized spacial score (nSPS) is 11.4. The summed E-state index contributed by atoms with van der Waals surface area (Å²) in [6.07, 6.45) is 5.88. The van der Waals surface area contributed by atoms with Gasteiger partial charge in [-0.05, 0) is 31.5 Å². The highest BCUT2D eigenvalue weighted by Gasteiger charge is 2.14. The van der Waals surface area contributed by atoms with Gasteiger partial charge in [-0.15, -0.1) is 0 Å². The number of aryl methyl sites for hydroxylation is 1. The summed E-state index contributed by atoms with van der Waals surface area (Å²) in [6, 6.07) is 6.68. The van der Waals surface area contributed by atoms with E-state index < -0.39 is 10.0 Å². The number of nitrogens with one attached hydrogen (secondary N) is 2. The number of amides is 2. The zero-order chi connectivity index (χ0) is 21.3. The molecule has 2 rings (SSSR count). The van der Waals surface area contributed by atoms with Crippen molar-refractivity contribution in [3.8, 4) is 0 Å². The van der Waals surface area contributed by atoms with E-state index in [1.54, 1.807) is 49.9 Å². The lowest BCUT2D eigenvalue weighted by Crippen LogP contribution is -2.32. The topological polar surface area (TPSA) is 113 Å². The summed E-state index contributed by atoms with van der Waals surface area (Å²) in [6.45, 7) is 2.80. The first-order chi connectivity index (χ1) is 13.8. The van der Waals surface area contributed by atoms with Crippen LogP contribution < -0.4 is 10.6 Å². The molecule has 0 radical (unpaired) electrons. The molecule has 0 spiro atoms. The molecule has 29 heavy (non-hydrogen) atoms. The Morgan fingerprint density at radius 3 is 2.76 bits per heavy atom. The SMILES string of the molecule is CCS(=O)(=O)N(C)CCCNC(=O)c1cccc(NC(=O)CCn2ccnc2)c1. The third kappa shape index (κ3) is 7.31. The highest BCUT2D eigenvalue weighted by Crippen LogP contribution is 2.11. The predicted molar refractivity (Wildman–Crippen MR) is 111 cm³/mol. The number of carbonyl (C=O) groups excluding carboxylic acids is 2. The van der Waals surface area contributed by atoms with Crippen LogP contribution in [-0.2, 0) is 21.4 Å². The fourth-order valence-electron chi connectivity index (χ4n) is 2.58. The van der Waals surface area contributed by atoms with Crippen LogP contribution in [0.1, 0.15) is 30.1 Å². The van der Waals surface area contributed by atoms with E-state index in [0.717, 1.165) is 0 Å². The second-order valence-corrected chi connectivity index (χ2v) is 8.88. The lowest BCUT2D eigenvalue weighted by Gasteiger charge is -2.15. The van der Waals surface area contributed by atoms with Gasteiger partial charge in [0.2, 0.25) is 15.9 Å². The first-order valence-electron chi connectivity index (χ1n) is 9.39. The number of rotatable bonds is 11. The average Bonchev–Trinajstić information content (AvgIpc) is 3.23. The molecule has 0 fully saturated rings. The van der Waals surface area contributed by atoms with Crippen LogP contribution in [0.25, 0.3) is 0 Å². The molecule has 2 N–H and O–H groups in total. The number of benzene rings is 1. The molecule has 0 aliphatic heterocycles. The second-order valence-electron chi connectivity index (χ2n) is 6.51. The molecule has 1 aromatic carbocycles. The zero-order valence-electron chi connectivity index (χ0n) is 16.7.